The molecule has 0 aliphatic carbocycles. The summed E-state index contributed by atoms with van der Waals surface area (Å²) in [5.41, 5.74) is 1.76. The minimum Gasteiger partial charge on any atom is -0.353 e. The zero-order chi connectivity index (χ0) is 19.3. The number of imidazole rings is 1. The number of nitrogens with zero attached hydrogens (tertiary/aromatic N) is 5. The Balaban J connectivity index is 1.33. The Labute approximate surface area is 163 Å². The van der Waals surface area contributed by atoms with Gasteiger partial charge >= 0.3 is 6.03 Å². The molecular weight excluding hydrogens is 354 g/mol. The van der Waals surface area contributed by atoms with Gasteiger partial charge in [-0.25, -0.2) is 14.8 Å². The number of anilines is 2. The van der Waals surface area contributed by atoms with Crippen LogP contribution in [0.2, 0.25) is 0 Å². The van der Waals surface area contributed by atoms with Gasteiger partial charge in [-0.2, -0.15) is 0 Å². The van der Waals surface area contributed by atoms with Gasteiger partial charge in [0.2, 0.25) is 0 Å². The second-order valence-electron chi connectivity index (χ2n) is 6.84. The van der Waals surface area contributed by atoms with Crippen molar-refractivity contribution < 1.29 is 4.79 Å². The van der Waals surface area contributed by atoms with E-state index in [4.69, 9.17) is 0 Å². The molecule has 1 atom stereocenters. The molecule has 2 amide bonds. The van der Waals surface area contributed by atoms with Crippen LogP contribution >= 0.6 is 0 Å². The van der Waals surface area contributed by atoms with Crippen molar-refractivity contribution >= 4 is 17.5 Å². The number of hydrogen-bond acceptors (Lipinski definition) is 5. The molecule has 144 valence electrons. The summed E-state index contributed by atoms with van der Waals surface area (Å²) in [7, 11) is 0. The molecule has 1 unspecified atom stereocenters. The smallest absolute Gasteiger partial charge is 0.319 e. The summed E-state index contributed by atoms with van der Waals surface area (Å²) in [5.74, 6) is 1.77. The van der Waals surface area contributed by atoms with Crippen molar-refractivity contribution in [1.82, 2.24) is 24.8 Å². The molecule has 0 spiro atoms. The molecule has 1 aliphatic heterocycles. The Hall–Kier alpha value is -3.42. The van der Waals surface area contributed by atoms with Crippen LogP contribution in [0.1, 0.15) is 18.7 Å². The molecule has 2 aromatic heterocycles. The minimum absolute atomic E-state index is 0.0728. The van der Waals surface area contributed by atoms with Gasteiger partial charge in [0, 0.05) is 55.3 Å². The third-order valence-electron chi connectivity index (χ3n) is 4.86. The minimum atomic E-state index is -0.197. The maximum Gasteiger partial charge on any atom is 0.319 e. The number of amides is 2. The first-order valence-electron chi connectivity index (χ1n) is 9.38. The quantitative estimate of drug-likeness (QED) is 0.730. The van der Waals surface area contributed by atoms with Crippen molar-refractivity contribution in [2.75, 3.05) is 23.3 Å². The molecule has 2 N–H and O–H groups in total. The highest BCUT2D eigenvalue weighted by atomic mass is 16.2. The van der Waals surface area contributed by atoms with Crippen molar-refractivity contribution in [2.45, 2.75) is 25.8 Å². The van der Waals surface area contributed by atoms with Crippen molar-refractivity contribution in [3.63, 3.8) is 0 Å². The van der Waals surface area contributed by atoms with E-state index in [9.17, 15) is 4.79 Å². The van der Waals surface area contributed by atoms with Crippen molar-refractivity contribution in [1.29, 1.82) is 0 Å². The Kier molecular flexibility index (Phi) is 5.18. The summed E-state index contributed by atoms with van der Waals surface area (Å²) in [6, 6.07) is 7.57. The Morgan fingerprint density at radius 3 is 2.71 bits per heavy atom. The third-order valence-corrected chi connectivity index (χ3v) is 4.86. The average Bonchev–Trinajstić information content (AvgIpc) is 3.15. The highest BCUT2D eigenvalue weighted by molar-refractivity contribution is 5.89. The van der Waals surface area contributed by atoms with Crippen LogP contribution in [0, 0.1) is 6.92 Å². The Bertz CT molecular complexity index is 923. The molecule has 1 aromatic carbocycles. The van der Waals surface area contributed by atoms with Gasteiger partial charge in [-0.1, -0.05) is 0 Å². The monoisotopic (exact) mass is 377 g/mol. The lowest BCUT2D eigenvalue weighted by atomic mass is 10.1. The number of rotatable bonds is 4. The molecule has 8 nitrogen and oxygen atoms in total. The van der Waals surface area contributed by atoms with Crippen LogP contribution in [0.25, 0.3) is 5.69 Å². The van der Waals surface area contributed by atoms with Crippen LogP contribution in [0.3, 0.4) is 0 Å². The summed E-state index contributed by atoms with van der Waals surface area (Å²) in [4.78, 5) is 27.3. The van der Waals surface area contributed by atoms with E-state index in [-0.39, 0.29) is 12.1 Å². The Morgan fingerprint density at radius 2 is 2.00 bits per heavy atom. The van der Waals surface area contributed by atoms with Gasteiger partial charge in [-0.15, -0.1) is 0 Å². The number of benzene rings is 1. The molecule has 1 fully saturated rings. The topological polar surface area (TPSA) is 88.0 Å². The fraction of sp³-hybridized carbons (Fsp3) is 0.300. The summed E-state index contributed by atoms with van der Waals surface area (Å²) in [5, 5.41) is 5.97. The summed E-state index contributed by atoms with van der Waals surface area (Å²) >= 11 is 0. The molecule has 0 bridgehead atoms. The lowest BCUT2D eigenvalue weighted by Crippen LogP contribution is -2.49. The van der Waals surface area contributed by atoms with Crippen LogP contribution in [0.5, 0.6) is 0 Å². The number of carbonyl (C=O) groups is 1. The van der Waals surface area contributed by atoms with Gasteiger partial charge in [-0.3, -0.25) is 4.98 Å². The van der Waals surface area contributed by atoms with Gasteiger partial charge < -0.3 is 20.1 Å². The molecule has 1 saturated heterocycles. The fourth-order valence-corrected chi connectivity index (χ4v) is 3.47. The maximum absolute atomic E-state index is 12.4. The highest BCUT2D eigenvalue weighted by Crippen LogP contribution is 2.17. The van der Waals surface area contributed by atoms with E-state index >= 15 is 0 Å². The van der Waals surface area contributed by atoms with E-state index in [1.54, 1.807) is 24.8 Å². The van der Waals surface area contributed by atoms with Gasteiger partial charge in [0.1, 0.15) is 11.6 Å². The number of hydrogen-bond donors (Lipinski definition) is 2. The Morgan fingerprint density at radius 1 is 1.14 bits per heavy atom. The predicted octanol–water partition coefficient (Wildman–Crippen LogP) is 2.76. The number of urea groups is 1. The van der Waals surface area contributed by atoms with Crippen LogP contribution in [-0.2, 0) is 0 Å². The number of carbonyl (C=O) groups excluding carboxylic acids is 1. The maximum atomic E-state index is 12.4. The molecule has 3 aromatic rings. The van der Waals surface area contributed by atoms with E-state index < -0.39 is 0 Å². The van der Waals surface area contributed by atoms with Crippen molar-refractivity contribution in [3.8, 4) is 5.69 Å². The summed E-state index contributed by atoms with van der Waals surface area (Å²) in [6.45, 7) is 3.60. The van der Waals surface area contributed by atoms with E-state index in [0.717, 1.165) is 48.9 Å². The van der Waals surface area contributed by atoms with Crippen molar-refractivity contribution in [3.05, 3.63) is 61.1 Å². The predicted molar refractivity (Wildman–Crippen MR) is 108 cm³/mol. The van der Waals surface area contributed by atoms with Gasteiger partial charge in [0.25, 0.3) is 0 Å². The second-order valence-corrected chi connectivity index (χ2v) is 6.84. The van der Waals surface area contributed by atoms with Gasteiger partial charge in [0.15, 0.2) is 0 Å². The van der Waals surface area contributed by atoms with Crippen LogP contribution in [0.4, 0.5) is 16.3 Å². The summed E-state index contributed by atoms with van der Waals surface area (Å²) < 4.78 is 1.99. The summed E-state index contributed by atoms with van der Waals surface area (Å²) in [6.07, 6.45) is 10.7. The van der Waals surface area contributed by atoms with Gasteiger partial charge in [-0.05, 0) is 44.0 Å². The molecule has 4 rings (SSSR count). The van der Waals surface area contributed by atoms with E-state index in [2.05, 4.69) is 30.5 Å². The number of aryl methyl sites for hydroxylation is 1. The molecule has 8 heteroatoms. The van der Waals surface area contributed by atoms with Gasteiger partial charge in [0.05, 0.1) is 6.20 Å². The lowest BCUT2D eigenvalue weighted by Gasteiger charge is -2.33. The first-order chi connectivity index (χ1) is 13.7. The van der Waals surface area contributed by atoms with E-state index in [1.807, 2.05) is 42.0 Å². The fourth-order valence-electron chi connectivity index (χ4n) is 3.47. The SMILES string of the molecule is Cc1nccn1-c1ccc(NC(=O)NC2CCCN(c3cnccn3)C2)cc1. The molecule has 0 radical (unpaired) electrons. The largest absolute Gasteiger partial charge is 0.353 e. The third kappa shape index (κ3) is 4.11. The van der Waals surface area contributed by atoms with Crippen LogP contribution in [0.15, 0.2) is 55.2 Å². The number of aromatic nitrogens is 4. The highest BCUT2D eigenvalue weighted by Gasteiger charge is 2.22. The van der Waals surface area contributed by atoms with E-state index in [0.29, 0.717) is 0 Å². The standard InChI is InChI=1S/C20H23N7O/c1-15-22-10-12-27(15)18-6-4-16(5-7-18)24-20(28)25-17-3-2-11-26(14-17)19-13-21-8-9-23-19/h4-10,12-13,17H,2-3,11,14H2,1H3,(H2,24,25,28). The molecule has 1 aliphatic rings. The average molecular weight is 377 g/mol. The lowest BCUT2D eigenvalue weighted by molar-refractivity contribution is 0.246. The van der Waals surface area contributed by atoms with Crippen molar-refractivity contribution in [2.24, 2.45) is 0 Å². The first kappa shape index (κ1) is 18.0. The zero-order valence-corrected chi connectivity index (χ0v) is 15.7. The molecule has 28 heavy (non-hydrogen) atoms. The van der Waals surface area contributed by atoms with E-state index in [1.165, 1.54) is 0 Å². The number of piperidine rings is 1. The van der Waals surface area contributed by atoms with Crippen LogP contribution in [-0.4, -0.2) is 44.7 Å². The molecule has 3 heterocycles. The van der Waals surface area contributed by atoms with Crippen LogP contribution < -0.4 is 15.5 Å². The first-order valence-corrected chi connectivity index (χ1v) is 9.38. The molecule has 0 saturated carbocycles. The number of nitrogens with one attached hydrogen (secondary N) is 2. The molecular formula is C20H23N7O. The normalized spacial score (nSPS) is 16.6. The second kappa shape index (κ2) is 8.08. The zero-order valence-electron chi connectivity index (χ0n) is 15.7.